The maximum absolute atomic E-state index is 5.30. The fraction of sp³-hybridized carbons (Fsp3) is 0.111. The quantitative estimate of drug-likeness (QED) is 0.294. The smallest absolute Gasteiger partial charge is 0.116 e. The molecule has 2 aromatic carbocycles. The van der Waals surface area contributed by atoms with E-state index in [0.717, 1.165) is 68.5 Å². The number of aromatic amines is 2. The van der Waals surface area contributed by atoms with E-state index in [-0.39, 0.29) is 0 Å². The van der Waals surface area contributed by atoms with E-state index in [1.807, 2.05) is 18.5 Å². The fourth-order valence-electron chi connectivity index (χ4n) is 4.36. The van der Waals surface area contributed by atoms with E-state index in [9.17, 15) is 0 Å². The zero-order valence-corrected chi connectivity index (χ0v) is 18.2. The van der Waals surface area contributed by atoms with Gasteiger partial charge in [-0.05, 0) is 59.6 Å². The molecule has 0 fully saturated rings. The normalized spacial score (nSPS) is 11.5. The minimum Gasteiger partial charge on any atom is -0.472 e. The van der Waals surface area contributed by atoms with Crippen molar-refractivity contribution >= 4 is 21.8 Å². The lowest BCUT2D eigenvalue weighted by Crippen LogP contribution is -2.11. The Balaban J connectivity index is 1.44. The Morgan fingerprint density at radius 2 is 1.88 bits per heavy atom. The minimum atomic E-state index is 0.810. The summed E-state index contributed by atoms with van der Waals surface area (Å²) in [5.41, 5.74) is 9.52. The molecule has 0 amide bonds. The van der Waals surface area contributed by atoms with Gasteiger partial charge in [0.05, 0.1) is 23.7 Å². The van der Waals surface area contributed by atoms with E-state index >= 15 is 0 Å². The summed E-state index contributed by atoms with van der Waals surface area (Å²) in [5, 5.41) is 13.4. The molecule has 162 valence electrons. The Hall–Kier alpha value is -4.16. The van der Waals surface area contributed by atoms with Crippen LogP contribution < -0.4 is 5.32 Å². The lowest BCUT2D eigenvalue weighted by molar-refractivity contribution is 0.568. The Bertz CT molecular complexity index is 1560. The van der Waals surface area contributed by atoms with Crippen molar-refractivity contribution in [3.05, 3.63) is 85.1 Å². The lowest BCUT2D eigenvalue weighted by atomic mass is 10.0. The number of pyridine rings is 1. The Morgan fingerprint density at radius 1 is 0.909 bits per heavy atom. The Kier molecular flexibility index (Phi) is 4.78. The van der Waals surface area contributed by atoms with Gasteiger partial charge < -0.3 is 14.7 Å². The van der Waals surface area contributed by atoms with Gasteiger partial charge in [0, 0.05) is 46.4 Å². The van der Waals surface area contributed by atoms with Crippen LogP contribution in [0, 0.1) is 0 Å². The predicted octanol–water partition coefficient (Wildman–Crippen LogP) is 6.14. The van der Waals surface area contributed by atoms with Gasteiger partial charge in [0.1, 0.15) is 5.69 Å². The average molecular weight is 434 g/mol. The fourth-order valence-corrected chi connectivity index (χ4v) is 4.36. The second-order valence-corrected chi connectivity index (χ2v) is 8.16. The molecule has 0 aliphatic rings. The number of H-pyrrole nitrogens is 2. The summed E-state index contributed by atoms with van der Waals surface area (Å²) in [4.78, 5) is 8.00. The molecule has 4 heterocycles. The van der Waals surface area contributed by atoms with Crippen molar-refractivity contribution in [2.24, 2.45) is 0 Å². The molecule has 0 unspecified atom stereocenters. The van der Waals surface area contributed by atoms with Crippen molar-refractivity contribution in [3.8, 4) is 33.6 Å². The van der Waals surface area contributed by atoms with Gasteiger partial charge in [-0.15, -0.1) is 0 Å². The van der Waals surface area contributed by atoms with Crippen molar-refractivity contribution in [1.82, 2.24) is 25.5 Å². The number of rotatable bonds is 6. The molecule has 0 spiro atoms. The molecule has 0 saturated carbocycles. The van der Waals surface area contributed by atoms with E-state index in [1.165, 1.54) is 5.56 Å². The second-order valence-electron chi connectivity index (χ2n) is 8.16. The van der Waals surface area contributed by atoms with Crippen LogP contribution in [0.3, 0.4) is 0 Å². The van der Waals surface area contributed by atoms with Crippen LogP contribution in [0.5, 0.6) is 0 Å². The predicted molar refractivity (Wildman–Crippen MR) is 132 cm³/mol. The SMILES string of the molecule is CCNCc1cncc(-c2ccc3[nH]nc(-c4cc5c(-c6ccoc6)cccc5[nH]4)c3c2)c1. The van der Waals surface area contributed by atoms with E-state index in [0.29, 0.717) is 0 Å². The molecule has 33 heavy (non-hydrogen) atoms. The van der Waals surface area contributed by atoms with Crippen LogP contribution in [0.2, 0.25) is 0 Å². The second kappa shape index (κ2) is 8.07. The topological polar surface area (TPSA) is 82.5 Å². The number of nitrogens with one attached hydrogen (secondary N) is 3. The minimum absolute atomic E-state index is 0.810. The first-order valence-electron chi connectivity index (χ1n) is 11.1. The maximum atomic E-state index is 5.30. The summed E-state index contributed by atoms with van der Waals surface area (Å²) >= 11 is 0. The van der Waals surface area contributed by atoms with Crippen LogP contribution >= 0.6 is 0 Å². The van der Waals surface area contributed by atoms with Crippen LogP contribution in [0.1, 0.15) is 12.5 Å². The molecule has 6 rings (SSSR count). The van der Waals surface area contributed by atoms with E-state index in [1.54, 1.807) is 12.5 Å². The first-order valence-corrected chi connectivity index (χ1v) is 11.1. The number of nitrogens with zero attached hydrogens (tertiary/aromatic N) is 2. The van der Waals surface area contributed by atoms with Crippen molar-refractivity contribution in [3.63, 3.8) is 0 Å². The molecule has 3 N–H and O–H groups in total. The zero-order chi connectivity index (χ0) is 22.2. The van der Waals surface area contributed by atoms with Gasteiger partial charge in [-0.1, -0.05) is 25.1 Å². The molecule has 0 atom stereocenters. The Labute approximate surface area is 190 Å². The molecule has 6 heteroatoms. The van der Waals surface area contributed by atoms with E-state index in [4.69, 9.17) is 4.42 Å². The third kappa shape index (κ3) is 3.50. The van der Waals surface area contributed by atoms with Gasteiger partial charge in [-0.2, -0.15) is 5.10 Å². The van der Waals surface area contributed by atoms with Gasteiger partial charge in [0.2, 0.25) is 0 Å². The van der Waals surface area contributed by atoms with Crippen LogP contribution in [0.15, 0.2) is 83.9 Å². The number of fused-ring (bicyclic) bond motifs is 2. The van der Waals surface area contributed by atoms with Crippen LogP contribution in [0.4, 0.5) is 0 Å². The monoisotopic (exact) mass is 433 g/mol. The highest BCUT2D eigenvalue weighted by Gasteiger charge is 2.14. The van der Waals surface area contributed by atoms with E-state index < -0.39 is 0 Å². The summed E-state index contributed by atoms with van der Waals surface area (Å²) in [6, 6.07) is 19.0. The zero-order valence-electron chi connectivity index (χ0n) is 18.2. The highest BCUT2D eigenvalue weighted by Crippen LogP contribution is 2.35. The molecule has 0 bridgehead atoms. The molecule has 0 aliphatic carbocycles. The summed E-state index contributed by atoms with van der Waals surface area (Å²) in [6.45, 7) is 3.85. The molecular weight excluding hydrogens is 410 g/mol. The maximum Gasteiger partial charge on any atom is 0.116 e. The first kappa shape index (κ1) is 19.5. The third-order valence-electron chi connectivity index (χ3n) is 6.02. The van der Waals surface area contributed by atoms with Crippen molar-refractivity contribution < 1.29 is 4.42 Å². The van der Waals surface area contributed by atoms with Gasteiger partial charge in [-0.25, -0.2) is 0 Å². The van der Waals surface area contributed by atoms with Gasteiger partial charge in [0.15, 0.2) is 0 Å². The highest BCUT2D eigenvalue weighted by atomic mass is 16.3. The molecule has 4 aromatic heterocycles. The number of furan rings is 1. The van der Waals surface area contributed by atoms with Gasteiger partial charge in [-0.3, -0.25) is 10.1 Å². The van der Waals surface area contributed by atoms with Gasteiger partial charge >= 0.3 is 0 Å². The molecule has 0 radical (unpaired) electrons. The molecule has 0 aliphatic heterocycles. The number of aromatic nitrogens is 4. The molecular formula is C27H23N5O. The Morgan fingerprint density at radius 3 is 2.76 bits per heavy atom. The van der Waals surface area contributed by atoms with Crippen LogP contribution in [-0.2, 0) is 6.54 Å². The van der Waals surface area contributed by atoms with Crippen LogP contribution in [-0.4, -0.2) is 26.7 Å². The van der Waals surface area contributed by atoms with Crippen LogP contribution in [0.25, 0.3) is 55.4 Å². The average Bonchev–Trinajstić information content (AvgIpc) is 3.61. The van der Waals surface area contributed by atoms with Crippen molar-refractivity contribution in [1.29, 1.82) is 0 Å². The van der Waals surface area contributed by atoms with Crippen molar-refractivity contribution in [2.75, 3.05) is 6.54 Å². The number of benzene rings is 2. The van der Waals surface area contributed by atoms with E-state index in [2.05, 4.69) is 80.9 Å². The summed E-state index contributed by atoms with van der Waals surface area (Å²) in [6.07, 6.45) is 7.30. The highest BCUT2D eigenvalue weighted by molar-refractivity contribution is 6.01. The number of hydrogen-bond donors (Lipinski definition) is 3. The van der Waals surface area contributed by atoms with Gasteiger partial charge in [0.25, 0.3) is 0 Å². The largest absolute Gasteiger partial charge is 0.472 e. The summed E-state index contributed by atoms with van der Waals surface area (Å²) in [5.74, 6) is 0. The standard InChI is InChI=1S/C27H23N5O/c1-2-28-13-17-10-20(15-29-14-17)18-6-7-25-23(11-18)27(32-31-25)26-12-22-21(19-8-9-33-16-19)4-3-5-24(22)30-26/h3-12,14-16,28,30H,2,13H2,1H3,(H,31,32). The number of hydrogen-bond acceptors (Lipinski definition) is 4. The third-order valence-corrected chi connectivity index (χ3v) is 6.02. The molecule has 0 saturated heterocycles. The molecule has 6 aromatic rings. The summed E-state index contributed by atoms with van der Waals surface area (Å²) < 4.78 is 5.30. The molecule has 6 nitrogen and oxygen atoms in total. The van der Waals surface area contributed by atoms with Crippen molar-refractivity contribution in [2.45, 2.75) is 13.5 Å². The first-order chi connectivity index (χ1) is 16.3. The lowest BCUT2D eigenvalue weighted by Gasteiger charge is -2.06. The summed E-state index contributed by atoms with van der Waals surface area (Å²) in [7, 11) is 0.